The molecule has 0 radical (unpaired) electrons. The molecule has 1 rings (SSSR count). The van der Waals surface area contributed by atoms with Crippen LogP contribution >= 0.6 is 0 Å². The molecule has 0 fully saturated rings. The van der Waals surface area contributed by atoms with Gasteiger partial charge in [-0.2, -0.15) is 0 Å². The van der Waals surface area contributed by atoms with Crippen molar-refractivity contribution >= 4 is 46.5 Å². The standard InChI is InChI=1S/C19H28BN6O6/c1-12-8-10-19(11-9-12)20(30-24-16(5)13(2)21-27,31-25-17(6)14(3)22-28)32-26-18(7)15(4)23-29/h8-11,27-29H,1-7H3/q-1/p-3/b21-13-,22-14-,23-15-,24-16-,25-17-,26-18-. The van der Waals surface area contributed by atoms with Crippen LogP contribution in [0.2, 0.25) is 0 Å². The fraction of sp³-hybridized carbons (Fsp3) is 0.368. The Labute approximate surface area is 186 Å². The molecule has 1 aromatic rings. The van der Waals surface area contributed by atoms with Gasteiger partial charge in [0.25, 0.3) is 0 Å². The van der Waals surface area contributed by atoms with E-state index in [0.717, 1.165) is 5.56 Å². The lowest BCUT2D eigenvalue weighted by molar-refractivity contribution is 0.0812. The van der Waals surface area contributed by atoms with Crippen molar-refractivity contribution in [2.24, 2.45) is 30.9 Å². The maximum atomic E-state index is 10.8. The number of aryl methyl sites for hydroxylation is 1. The Kier molecular flexibility index (Phi) is 9.87. The second kappa shape index (κ2) is 12.1. The van der Waals surface area contributed by atoms with Gasteiger partial charge in [0.1, 0.15) is 0 Å². The van der Waals surface area contributed by atoms with E-state index in [0.29, 0.717) is 5.46 Å². The largest absolute Gasteiger partial charge is 0.792 e. The van der Waals surface area contributed by atoms with Gasteiger partial charge >= 0.3 is 6.75 Å². The summed E-state index contributed by atoms with van der Waals surface area (Å²) < 4.78 is 16.8. The van der Waals surface area contributed by atoms with Crippen molar-refractivity contribution in [2.75, 3.05) is 0 Å². The Morgan fingerprint density at radius 1 is 0.594 bits per heavy atom. The zero-order chi connectivity index (χ0) is 24.3. The normalized spacial score (nSPS) is 15.0. The molecule has 0 amide bonds. The Morgan fingerprint density at radius 3 is 1.19 bits per heavy atom. The highest BCUT2D eigenvalue weighted by molar-refractivity contribution is 6.75. The molecule has 0 bridgehead atoms. The molecule has 12 nitrogen and oxygen atoms in total. The summed E-state index contributed by atoms with van der Waals surface area (Å²) in [6.45, 7) is 7.67. The van der Waals surface area contributed by atoms with E-state index in [1.165, 1.54) is 41.5 Å². The molecule has 0 heterocycles. The van der Waals surface area contributed by atoms with Gasteiger partial charge < -0.3 is 45.4 Å². The predicted octanol–water partition coefficient (Wildman–Crippen LogP) is 3.19. The molecule has 0 saturated heterocycles. The third-order valence-electron chi connectivity index (χ3n) is 4.45. The maximum absolute atomic E-state index is 10.8. The summed E-state index contributed by atoms with van der Waals surface area (Å²) in [6.07, 6.45) is 0. The Balaban J connectivity index is 3.64. The molecule has 0 unspecified atom stereocenters. The third kappa shape index (κ3) is 7.11. The van der Waals surface area contributed by atoms with E-state index in [1.54, 1.807) is 24.3 Å². The van der Waals surface area contributed by atoms with Crippen LogP contribution in [-0.4, -0.2) is 41.0 Å². The van der Waals surface area contributed by atoms with Gasteiger partial charge in [-0.15, -0.1) is 15.5 Å². The highest BCUT2D eigenvalue weighted by Gasteiger charge is 2.41. The number of hydrogen-bond donors (Lipinski definition) is 0. The van der Waals surface area contributed by atoms with Crippen molar-refractivity contribution in [3.05, 3.63) is 45.5 Å². The van der Waals surface area contributed by atoms with E-state index in [9.17, 15) is 15.6 Å². The van der Waals surface area contributed by atoms with Crippen LogP contribution in [-0.2, 0) is 14.3 Å². The van der Waals surface area contributed by atoms with Crippen LogP contribution in [0, 0.1) is 22.5 Å². The minimum Gasteiger partial charge on any atom is -0.792 e. The van der Waals surface area contributed by atoms with Crippen LogP contribution in [0.4, 0.5) is 0 Å². The van der Waals surface area contributed by atoms with E-state index in [4.69, 9.17) is 14.3 Å². The highest BCUT2D eigenvalue weighted by atomic mass is 16.9. The molecule has 0 aliphatic rings. The number of oxime groups is 3. The zero-order valence-electron chi connectivity index (χ0n) is 19.0. The summed E-state index contributed by atoms with van der Waals surface area (Å²) in [4.78, 5) is 0. The van der Waals surface area contributed by atoms with Crippen molar-refractivity contribution in [3.63, 3.8) is 0 Å². The summed E-state index contributed by atoms with van der Waals surface area (Å²) in [7, 11) is 0. The lowest BCUT2D eigenvalue weighted by Crippen LogP contribution is -2.54. The van der Waals surface area contributed by atoms with Gasteiger partial charge in [-0.3, -0.25) is 0 Å². The van der Waals surface area contributed by atoms with E-state index in [2.05, 4.69) is 30.9 Å². The zero-order valence-corrected chi connectivity index (χ0v) is 19.0. The smallest absolute Gasteiger partial charge is 0.640 e. The van der Waals surface area contributed by atoms with Crippen LogP contribution in [0.25, 0.3) is 0 Å². The average Bonchev–Trinajstić information content (AvgIpc) is 2.81. The molecule has 0 aromatic heterocycles. The Bertz CT molecular complexity index is 881. The lowest BCUT2D eigenvalue weighted by Gasteiger charge is -2.35. The lowest BCUT2D eigenvalue weighted by atomic mass is 9.70. The van der Waals surface area contributed by atoms with Crippen LogP contribution < -0.4 is 5.46 Å². The predicted molar refractivity (Wildman–Crippen MR) is 129 cm³/mol. The monoisotopic (exact) mass is 444 g/mol. The summed E-state index contributed by atoms with van der Waals surface area (Å²) in [5.74, 6) is 0. The van der Waals surface area contributed by atoms with Crippen LogP contribution in [0.15, 0.2) is 55.2 Å². The van der Waals surface area contributed by atoms with Gasteiger partial charge in [-0.25, -0.2) is 0 Å². The van der Waals surface area contributed by atoms with Crippen molar-refractivity contribution < 1.29 is 14.3 Å². The highest BCUT2D eigenvalue weighted by Crippen LogP contribution is 2.15. The van der Waals surface area contributed by atoms with Crippen molar-refractivity contribution in [3.8, 4) is 0 Å². The summed E-state index contributed by atoms with van der Waals surface area (Å²) >= 11 is 0. The van der Waals surface area contributed by atoms with E-state index in [1.807, 2.05) is 6.92 Å². The second-order valence-corrected chi connectivity index (χ2v) is 6.93. The van der Waals surface area contributed by atoms with Crippen LogP contribution in [0.3, 0.4) is 0 Å². The van der Waals surface area contributed by atoms with Crippen molar-refractivity contribution in [1.82, 2.24) is 0 Å². The van der Waals surface area contributed by atoms with Gasteiger partial charge in [0.05, 0.1) is 34.3 Å². The molecule has 1 aromatic carbocycles. The van der Waals surface area contributed by atoms with Gasteiger partial charge in [-0.05, 0) is 48.5 Å². The fourth-order valence-electron chi connectivity index (χ4n) is 1.88. The van der Waals surface area contributed by atoms with Gasteiger partial charge in [-0.1, -0.05) is 35.3 Å². The second-order valence-electron chi connectivity index (χ2n) is 6.93. The number of hydrogen-bond acceptors (Lipinski definition) is 12. The minimum atomic E-state index is -3.05. The first kappa shape index (κ1) is 26.1. The topological polar surface area (TPSA) is 171 Å². The van der Waals surface area contributed by atoms with Crippen LogP contribution in [0.5, 0.6) is 0 Å². The SMILES string of the molecule is CC(=N/[O-])/C(C)=N\O[B-](O/N=C(C)\C(C)=N/[O-])(O/N=C(C)\C(C)=N/[O-])c1ccc(C)cc1. The number of benzene rings is 1. The first-order valence-electron chi connectivity index (χ1n) is 9.50. The maximum Gasteiger partial charge on any atom is 0.640 e. The first-order valence-corrected chi connectivity index (χ1v) is 9.50. The van der Waals surface area contributed by atoms with E-state index in [-0.39, 0.29) is 34.3 Å². The molecule has 0 spiro atoms. The molecule has 0 aliphatic heterocycles. The summed E-state index contributed by atoms with van der Waals surface area (Å²) in [5, 5.41) is 52.6. The quantitative estimate of drug-likeness (QED) is 0.305. The van der Waals surface area contributed by atoms with Gasteiger partial charge in [0.15, 0.2) is 0 Å². The number of rotatable bonds is 10. The first-order chi connectivity index (χ1) is 15.1. The Hall–Kier alpha value is -3.90. The summed E-state index contributed by atoms with van der Waals surface area (Å²) in [5.41, 5.74) is 1.95. The number of nitrogens with zero attached hydrogens (tertiary/aromatic N) is 6. The molecule has 174 valence electrons. The summed E-state index contributed by atoms with van der Waals surface area (Å²) in [6, 6.07) is 6.83. The fourth-order valence-corrected chi connectivity index (χ4v) is 1.88. The van der Waals surface area contributed by atoms with E-state index >= 15 is 0 Å². The molecule has 13 heteroatoms. The van der Waals surface area contributed by atoms with Crippen molar-refractivity contribution in [1.29, 1.82) is 0 Å². The van der Waals surface area contributed by atoms with Gasteiger partial charge in [0.2, 0.25) is 0 Å². The van der Waals surface area contributed by atoms with Crippen LogP contribution in [0.1, 0.15) is 47.1 Å². The molecule has 0 aliphatic carbocycles. The molecule has 32 heavy (non-hydrogen) atoms. The minimum absolute atomic E-state index is 0.0710. The van der Waals surface area contributed by atoms with E-state index < -0.39 is 6.75 Å². The third-order valence-corrected chi connectivity index (χ3v) is 4.45. The molecular weight excluding hydrogens is 419 g/mol. The van der Waals surface area contributed by atoms with Crippen molar-refractivity contribution in [2.45, 2.75) is 48.5 Å². The molecule has 0 atom stereocenters. The molecule has 0 N–H and O–H groups in total. The molecule has 0 saturated carbocycles. The molecular formula is C19H25BN6O6-4. The van der Waals surface area contributed by atoms with Gasteiger partial charge in [0, 0.05) is 0 Å². The average molecular weight is 444 g/mol. The Morgan fingerprint density at radius 2 is 0.906 bits per heavy atom.